The predicted octanol–water partition coefficient (Wildman–Crippen LogP) is 4.59. The number of hydrogen-bond donors (Lipinski definition) is 1. The molecule has 1 fully saturated rings. The Labute approximate surface area is 209 Å². The van der Waals surface area contributed by atoms with Gasteiger partial charge in [-0.1, -0.05) is 30.9 Å². The molecule has 3 heterocycles. The molecular formula is C29H26N2O5. The summed E-state index contributed by atoms with van der Waals surface area (Å²) in [5, 5.41) is 11.4. The highest BCUT2D eigenvalue weighted by Crippen LogP contribution is 2.41. The number of fused-ring (bicyclic) bond motifs is 1. The number of pyridine rings is 1. The first-order valence-corrected chi connectivity index (χ1v) is 11.8. The molecule has 36 heavy (non-hydrogen) atoms. The Bertz CT molecular complexity index is 1350. The first kappa shape index (κ1) is 23.4. The van der Waals surface area contributed by atoms with Gasteiger partial charge in [0, 0.05) is 30.9 Å². The third-order valence-corrected chi connectivity index (χ3v) is 6.35. The van der Waals surface area contributed by atoms with E-state index in [1.54, 1.807) is 60.9 Å². The van der Waals surface area contributed by atoms with Gasteiger partial charge in [-0.25, -0.2) is 0 Å². The Morgan fingerprint density at radius 1 is 1.22 bits per heavy atom. The number of aromatic nitrogens is 1. The zero-order valence-corrected chi connectivity index (χ0v) is 19.9. The van der Waals surface area contributed by atoms with Crippen LogP contribution >= 0.6 is 0 Å². The number of aliphatic hydroxyl groups is 1. The van der Waals surface area contributed by atoms with Gasteiger partial charge in [-0.15, -0.1) is 0 Å². The van der Waals surface area contributed by atoms with E-state index in [0.717, 1.165) is 16.9 Å². The molecule has 0 aliphatic carbocycles. The van der Waals surface area contributed by atoms with Crippen molar-refractivity contribution in [3.8, 4) is 11.5 Å². The molecule has 0 radical (unpaired) electrons. The third-order valence-electron chi connectivity index (χ3n) is 6.35. The molecule has 0 bridgehead atoms. The Morgan fingerprint density at radius 2 is 2.03 bits per heavy atom. The van der Waals surface area contributed by atoms with Crippen molar-refractivity contribution in [1.29, 1.82) is 0 Å². The number of ether oxygens (including phenoxy) is 2. The minimum Gasteiger partial charge on any atom is -0.507 e. The molecule has 2 aromatic carbocycles. The number of Topliss-reactive ketones (excluding diaryl/α,β-unsaturated/α-hetero) is 1. The fourth-order valence-corrected chi connectivity index (χ4v) is 4.70. The fourth-order valence-electron chi connectivity index (χ4n) is 4.70. The van der Waals surface area contributed by atoms with Crippen molar-refractivity contribution in [1.82, 2.24) is 9.88 Å². The van der Waals surface area contributed by atoms with E-state index in [2.05, 4.69) is 11.6 Å². The van der Waals surface area contributed by atoms with E-state index < -0.39 is 17.7 Å². The molecule has 1 aromatic heterocycles. The summed E-state index contributed by atoms with van der Waals surface area (Å²) in [5.41, 5.74) is 2.94. The number of nitrogens with zero attached hydrogens (tertiary/aromatic N) is 2. The number of carbonyl (C=O) groups is 2. The Hall–Kier alpha value is -4.39. The summed E-state index contributed by atoms with van der Waals surface area (Å²) < 4.78 is 11.4. The summed E-state index contributed by atoms with van der Waals surface area (Å²) in [5.74, 6) is -0.200. The largest absolute Gasteiger partial charge is 0.507 e. The number of likely N-dealkylation sites (tertiary alicyclic amines) is 1. The number of carbonyl (C=O) groups excluding carboxylic acids is 2. The molecule has 1 amide bonds. The topological polar surface area (TPSA) is 89.0 Å². The first-order chi connectivity index (χ1) is 17.5. The van der Waals surface area contributed by atoms with Crippen molar-refractivity contribution in [3.63, 3.8) is 0 Å². The van der Waals surface area contributed by atoms with Crippen LogP contribution in [0.3, 0.4) is 0 Å². The van der Waals surface area contributed by atoms with Gasteiger partial charge in [0.2, 0.25) is 0 Å². The van der Waals surface area contributed by atoms with Gasteiger partial charge in [-0.3, -0.25) is 14.6 Å². The summed E-state index contributed by atoms with van der Waals surface area (Å²) in [6.45, 7) is 6.16. The molecule has 0 spiro atoms. The van der Waals surface area contributed by atoms with Crippen LogP contribution in [0.4, 0.5) is 0 Å². The molecule has 2 unspecified atom stereocenters. The van der Waals surface area contributed by atoms with Crippen LogP contribution in [0, 0.1) is 0 Å². The first-order valence-electron chi connectivity index (χ1n) is 11.8. The average Bonchev–Trinajstić information content (AvgIpc) is 3.39. The molecule has 5 rings (SSSR count). The van der Waals surface area contributed by atoms with Crippen molar-refractivity contribution < 1.29 is 24.2 Å². The number of ketones is 1. The Kier molecular flexibility index (Phi) is 6.29. The van der Waals surface area contributed by atoms with Crippen molar-refractivity contribution in [2.24, 2.45) is 0 Å². The molecule has 7 nitrogen and oxygen atoms in total. The number of hydrogen-bond acceptors (Lipinski definition) is 6. The lowest BCUT2D eigenvalue weighted by Crippen LogP contribution is -2.29. The quantitative estimate of drug-likeness (QED) is 0.229. The maximum absolute atomic E-state index is 13.3. The second-order valence-corrected chi connectivity index (χ2v) is 8.91. The van der Waals surface area contributed by atoms with Crippen molar-refractivity contribution in [3.05, 3.63) is 107 Å². The summed E-state index contributed by atoms with van der Waals surface area (Å²) >= 11 is 0. The molecular weight excluding hydrogens is 456 g/mol. The molecule has 2 atom stereocenters. The molecule has 2 aliphatic heterocycles. The highest BCUT2D eigenvalue weighted by molar-refractivity contribution is 6.46. The summed E-state index contributed by atoms with van der Waals surface area (Å²) in [6, 6.07) is 15.3. The van der Waals surface area contributed by atoms with E-state index in [4.69, 9.17) is 9.47 Å². The Morgan fingerprint density at radius 3 is 2.75 bits per heavy atom. The van der Waals surface area contributed by atoms with E-state index in [1.807, 2.05) is 19.1 Å². The molecule has 1 N–H and O–H groups in total. The standard InChI is InChI=1S/C29H26N2O5/c1-3-13-35-23-9-6-20(7-10-23)26-25(27(32)21-8-11-24-22(15-21)14-18(2)36-24)28(33)29(34)31(26)17-19-5-4-12-30-16-19/h3-12,15-16,18,26,32H,1,13-14,17H2,2H3/b27-25+. The van der Waals surface area contributed by atoms with Crippen LogP contribution in [-0.2, 0) is 22.6 Å². The minimum absolute atomic E-state index is 0.0456. The average molecular weight is 483 g/mol. The Balaban J connectivity index is 1.59. The minimum atomic E-state index is -0.776. The van der Waals surface area contributed by atoms with Crippen molar-refractivity contribution >= 4 is 17.4 Å². The van der Waals surface area contributed by atoms with Gasteiger partial charge in [-0.2, -0.15) is 0 Å². The molecule has 3 aromatic rings. The van der Waals surface area contributed by atoms with Crippen LogP contribution in [0.1, 0.15) is 35.2 Å². The van der Waals surface area contributed by atoms with Gasteiger partial charge >= 0.3 is 0 Å². The molecule has 182 valence electrons. The molecule has 0 saturated carbocycles. The van der Waals surface area contributed by atoms with E-state index in [9.17, 15) is 14.7 Å². The number of amides is 1. The predicted molar refractivity (Wildman–Crippen MR) is 134 cm³/mol. The van der Waals surface area contributed by atoms with Crippen LogP contribution in [0.2, 0.25) is 0 Å². The van der Waals surface area contributed by atoms with E-state index >= 15 is 0 Å². The van der Waals surface area contributed by atoms with Gasteiger partial charge in [0.15, 0.2) is 0 Å². The third kappa shape index (κ3) is 4.35. The lowest BCUT2D eigenvalue weighted by Gasteiger charge is -2.25. The number of benzene rings is 2. The van der Waals surface area contributed by atoms with Crippen LogP contribution in [0.5, 0.6) is 11.5 Å². The number of rotatable bonds is 7. The highest BCUT2D eigenvalue weighted by atomic mass is 16.5. The van der Waals surface area contributed by atoms with Crippen molar-refractivity contribution in [2.45, 2.75) is 32.0 Å². The number of aliphatic hydroxyl groups excluding tert-OH is 1. The summed E-state index contributed by atoms with van der Waals surface area (Å²) in [7, 11) is 0. The second-order valence-electron chi connectivity index (χ2n) is 8.91. The van der Waals surface area contributed by atoms with Crippen molar-refractivity contribution in [2.75, 3.05) is 6.61 Å². The van der Waals surface area contributed by atoms with Gasteiger partial charge in [0.25, 0.3) is 11.7 Å². The second kappa shape index (κ2) is 9.70. The maximum atomic E-state index is 13.3. The van der Waals surface area contributed by atoms with Crippen LogP contribution in [-0.4, -0.2) is 39.4 Å². The van der Waals surface area contributed by atoms with E-state index in [1.165, 1.54) is 4.90 Å². The van der Waals surface area contributed by atoms with Crippen LogP contribution < -0.4 is 9.47 Å². The normalized spacial score (nSPS) is 20.2. The zero-order chi connectivity index (χ0) is 25.2. The lowest BCUT2D eigenvalue weighted by molar-refractivity contribution is -0.140. The molecule has 1 saturated heterocycles. The zero-order valence-electron chi connectivity index (χ0n) is 19.9. The van der Waals surface area contributed by atoms with E-state index in [-0.39, 0.29) is 24.0 Å². The van der Waals surface area contributed by atoms with Gasteiger partial charge in [0.05, 0.1) is 11.6 Å². The summed E-state index contributed by atoms with van der Waals surface area (Å²) in [4.78, 5) is 32.2. The van der Waals surface area contributed by atoms with Gasteiger partial charge in [-0.05, 0) is 60.0 Å². The van der Waals surface area contributed by atoms with Crippen LogP contribution in [0.25, 0.3) is 5.76 Å². The molecule has 2 aliphatic rings. The highest BCUT2D eigenvalue weighted by Gasteiger charge is 2.46. The summed E-state index contributed by atoms with van der Waals surface area (Å²) in [6.07, 6.45) is 5.71. The maximum Gasteiger partial charge on any atom is 0.295 e. The SMILES string of the molecule is C=CCOc1ccc(C2/C(=C(\O)c3ccc4c(c3)CC(C)O4)C(=O)C(=O)N2Cc2cccnc2)cc1. The van der Waals surface area contributed by atoms with Gasteiger partial charge in [0.1, 0.15) is 30.0 Å². The van der Waals surface area contributed by atoms with Gasteiger partial charge < -0.3 is 19.5 Å². The van der Waals surface area contributed by atoms with Crippen LogP contribution in [0.15, 0.2) is 85.2 Å². The van der Waals surface area contributed by atoms with E-state index in [0.29, 0.717) is 29.9 Å². The smallest absolute Gasteiger partial charge is 0.295 e. The molecule has 7 heteroatoms. The fraction of sp³-hybridized carbons (Fsp3) is 0.207. The monoisotopic (exact) mass is 482 g/mol. The lowest BCUT2D eigenvalue weighted by atomic mass is 9.94.